The smallest absolute Gasteiger partial charge is 0.260 e. The van der Waals surface area contributed by atoms with Gasteiger partial charge in [-0.15, -0.1) is 0 Å². The van der Waals surface area contributed by atoms with Crippen molar-refractivity contribution in [1.82, 2.24) is 5.43 Å². The second kappa shape index (κ2) is 12.0. The number of hydrazone groups is 1. The van der Waals surface area contributed by atoms with E-state index in [0.717, 1.165) is 21.7 Å². The lowest BCUT2D eigenvalue weighted by molar-refractivity contribution is -0.119. The first-order valence-corrected chi connectivity index (χ1v) is 12.9. The number of amides is 1. The molecule has 0 aliphatic rings. The van der Waals surface area contributed by atoms with Gasteiger partial charge in [0.05, 0.1) is 24.8 Å². The number of rotatable bonds is 11. The molecule has 0 bridgehead atoms. The van der Waals surface area contributed by atoms with Crippen LogP contribution in [-0.4, -0.2) is 39.9 Å². The SMILES string of the molecule is CCOc1cc(/C=N\NC(=O)CN(c2ccccc2C)S(C)(=O)=O)ccc1OCc1ccccc1. The molecule has 3 rings (SSSR count). The zero-order chi connectivity index (χ0) is 25.3. The number of benzene rings is 3. The summed E-state index contributed by atoms with van der Waals surface area (Å²) in [5.74, 6) is 0.586. The van der Waals surface area contributed by atoms with E-state index in [4.69, 9.17) is 9.47 Å². The summed E-state index contributed by atoms with van der Waals surface area (Å²) in [5, 5.41) is 3.97. The highest BCUT2D eigenvalue weighted by molar-refractivity contribution is 7.92. The molecule has 0 saturated heterocycles. The van der Waals surface area contributed by atoms with E-state index >= 15 is 0 Å². The van der Waals surface area contributed by atoms with Crippen LogP contribution in [0.5, 0.6) is 11.5 Å². The summed E-state index contributed by atoms with van der Waals surface area (Å²) >= 11 is 0. The molecule has 1 amide bonds. The molecule has 0 heterocycles. The van der Waals surface area contributed by atoms with Gasteiger partial charge >= 0.3 is 0 Å². The van der Waals surface area contributed by atoms with E-state index in [9.17, 15) is 13.2 Å². The summed E-state index contributed by atoms with van der Waals surface area (Å²) in [6.45, 7) is 4.13. The van der Waals surface area contributed by atoms with Crippen molar-refractivity contribution in [3.8, 4) is 11.5 Å². The molecule has 0 saturated carbocycles. The number of nitrogens with one attached hydrogen (secondary N) is 1. The number of carbonyl (C=O) groups is 1. The van der Waals surface area contributed by atoms with Gasteiger partial charge < -0.3 is 9.47 Å². The van der Waals surface area contributed by atoms with Crippen LogP contribution in [0.2, 0.25) is 0 Å². The highest BCUT2D eigenvalue weighted by Gasteiger charge is 2.22. The topological polar surface area (TPSA) is 97.3 Å². The number of anilines is 1. The summed E-state index contributed by atoms with van der Waals surface area (Å²) in [6, 6.07) is 22.1. The van der Waals surface area contributed by atoms with Crippen molar-refractivity contribution < 1.29 is 22.7 Å². The standard InChI is InChI=1S/C26H29N3O5S/c1-4-33-25-16-22(14-15-24(25)34-19-21-11-6-5-7-12-21)17-27-28-26(30)18-29(35(3,31)32)23-13-9-8-10-20(23)2/h5-17H,4,18-19H2,1-3H3,(H,28,30)/b27-17-. The minimum atomic E-state index is -3.66. The molecule has 3 aromatic carbocycles. The van der Waals surface area contributed by atoms with Crippen molar-refractivity contribution in [1.29, 1.82) is 0 Å². The number of carbonyl (C=O) groups excluding carboxylic acids is 1. The maximum Gasteiger partial charge on any atom is 0.260 e. The molecule has 0 aromatic heterocycles. The number of sulfonamides is 1. The van der Waals surface area contributed by atoms with E-state index in [2.05, 4.69) is 10.5 Å². The molecule has 0 radical (unpaired) electrons. The molecule has 35 heavy (non-hydrogen) atoms. The van der Waals surface area contributed by atoms with Gasteiger partial charge in [0.15, 0.2) is 11.5 Å². The van der Waals surface area contributed by atoms with Crippen LogP contribution in [-0.2, 0) is 21.4 Å². The van der Waals surface area contributed by atoms with Crippen LogP contribution in [0.25, 0.3) is 0 Å². The van der Waals surface area contributed by atoms with Gasteiger partial charge in [-0.25, -0.2) is 13.8 Å². The average Bonchev–Trinajstić information content (AvgIpc) is 2.83. The van der Waals surface area contributed by atoms with E-state index in [1.165, 1.54) is 6.21 Å². The van der Waals surface area contributed by atoms with Gasteiger partial charge in [0.25, 0.3) is 5.91 Å². The summed E-state index contributed by atoms with van der Waals surface area (Å²) in [4.78, 5) is 12.4. The number of hydrogen-bond acceptors (Lipinski definition) is 6. The molecule has 9 heteroatoms. The minimum absolute atomic E-state index is 0.391. The number of nitrogens with zero attached hydrogens (tertiary/aromatic N) is 2. The van der Waals surface area contributed by atoms with Gasteiger partial charge in [-0.3, -0.25) is 9.10 Å². The van der Waals surface area contributed by atoms with Crippen LogP contribution in [0.1, 0.15) is 23.6 Å². The molecule has 8 nitrogen and oxygen atoms in total. The van der Waals surface area contributed by atoms with Crippen molar-refractivity contribution >= 4 is 27.8 Å². The first-order valence-electron chi connectivity index (χ1n) is 11.1. The molecule has 0 aliphatic heterocycles. The van der Waals surface area contributed by atoms with Crippen LogP contribution in [0.4, 0.5) is 5.69 Å². The predicted octanol–water partition coefficient (Wildman–Crippen LogP) is 3.89. The third-order valence-electron chi connectivity index (χ3n) is 4.98. The lowest BCUT2D eigenvalue weighted by Gasteiger charge is -2.23. The maximum atomic E-state index is 12.4. The third kappa shape index (κ3) is 7.58. The van der Waals surface area contributed by atoms with E-state index in [1.54, 1.807) is 49.4 Å². The molecule has 0 spiro atoms. The van der Waals surface area contributed by atoms with Gasteiger partial charge in [-0.1, -0.05) is 48.5 Å². The Kier molecular flexibility index (Phi) is 8.86. The molecule has 0 unspecified atom stereocenters. The van der Waals surface area contributed by atoms with Crippen molar-refractivity contribution in [2.45, 2.75) is 20.5 Å². The molecule has 3 aromatic rings. The largest absolute Gasteiger partial charge is 0.490 e. The Morgan fingerprint density at radius 2 is 1.71 bits per heavy atom. The highest BCUT2D eigenvalue weighted by atomic mass is 32.2. The Hall–Kier alpha value is -3.85. The Balaban J connectivity index is 1.66. The van der Waals surface area contributed by atoms with E-state index in [0.29, 0.717) is 36.0 Å². The zero-order valence-corrected chi connectivity index (χ0v) is 20.8. The van der Waals surface area contributed by atoms with E-state index < -0.39 is 22.5 Å². The molecule has 184 valence electrons. The van der Waals surface area contributed by atoms with Crippen LogP contribution < -0.4 is 19.2 Å². The van der Waals surface area contributed by atoms with Gasteiger partial charge in [0, 0.05) is 0 Å². The monoisotopic (exact) mass is 495 g/mol. The summed E-state index contributed by atoms with van der Waals surface area (Å²) in [5.41, 5.74) is 5.30. The first-order chi connectivity index (χ1) is 16.8. The van der Waals surface area contributed by atoms with E-state index in [-0.39, 0.29) is 0 Å². The zero-order valence-electron chi connectivity index (χ0n) is 20.0. The van der Waals surface area contributed by atoms with Crippen LogP contribution in [0.3, 0.4) is 0 Å². The number of hydrogen-bond donors (Lipinski definition) is 1. The van der Waals surface area contributed by atoms with Gasteiger partial charge in [-0.05, 0) is 54.8 Å². The Labute approximate surface area is 206 Å². The Morgan fingerprint density at radius 1 is 1.00 bits per heavy atom. The fraction of sp³-hybridized carbons (Fsp3) is 0.231. The minimum Gasteiger partial charge on any atom is -0.490 e. The Morgan fingerprint density at radius 3 is 2.40 bits per heavy atom. The second-order valence-electron chi connectivity index (χ2n) is 7.76. The van der Waals surface area contributed by atoms with Crippen molar-refractivity contribution in [3.63, 3.8) is 0 Å². The summed E-state index contributed by atoms with van der Waals surface area (Å²) in [7, 11) is -3.66. The Bertz CT molecular complexity index is 1280. The fourth-order valence-electron chi connectivity index (χ4n) is 3.30. The fourth-order valence-corrected chi connectivity index (χ4v) is 4.21. The van der Waals surface area contributed by atoms with Gasteiger partial charge in [0.2, 0.25) is 10.0 Å². The third-order valence-corrected chi connectivity index (χ3v) is 6.11. The van der Waals surface area contributed by atoms with Crippen LogP contribution in [0.15, 0.2) is 77.9 Å². The normalized spacial score (nSPS) is 11.3. The first kappa shape index (κ1) is 25.8. The molecule has 0 atom stereocenters. The lowest BCUT2D eigenvalue weighted by atomic mass is 10.2. The maximum absolute atomic E-state index is 12.4. The lowest BCUT2D eigenvalue weighted by Crippen LogP contribution is -2.39. The second-order valence-corrected chi connectivity index (χ2v) is 9.67. The predicted molar refractivity (Wildman–Crippen MR) is 137 cm³/mol. The molecule has 1 N–H and O–H groups in total. The van der Waals surface area contributed by atoms with Crippen molar-refractivity contribution in [3.05, 3.63) is 89.5 Å². The number of ether oxygens (including phenoxy) is 2. The molecular weight excluding hydrogens is 466 g/mol. The van der Waals surface area contributed by atoms with Crippen LogP contribution >= 0.6 is 0 Å². The van der Waals surface area contributed by atoms with Crippen LogP contribution in [0, 0.1) is 6.92 Å². The number of aryl methyl sites for hydroxylation is 1. The molecule has 0 aliphatic carbocycles. The summed E-state index contributed by atoms with van der Waals surface area (Å²) < 4.78 is 37.2. The highest BCUT2D eigenvalue weighted by Crippen LogP contribution is 2.29. The molecule has 0 fully saturated rings. The molecular formula is C26H29N3O5S. The van der Waals surface area contributed by atoms with Gasteiger partial charge in [-0.2, -0.15) is 5.10 Å². The summed E-state index contributed by atoms with van der Waals surface area (Å²) in [6.07, 6.45) is 2.52. The van der Waals surface area contributed by atoms with Crippen molar-refractivity contribution in [2.24, 2.45) is 5.10 Å². The van der Waals surface area contributed by atoms with Crippen molar-refractivity contribution in [2.75, 3.05) is 23.7 Å². The average molecular weight is 496 g/mol. The number of para-hydroxylation sites is 1. The van der Waals surface area contributed by atoms with E-state index in [1.807, 2.05) is 37.3 Å². The quantitative estimate of drug-likeness (QED) is 0.322. The van der Waals surface area contributed by atoms with Gasteiger partial charge in [0.1, 0.15) is 13.2 Å².